The Morgan fingerprint density at radius 3 is 1.46 bits per heavy atom. The molecule has 178 valence electrons. The zero-order valence-corrected chi connectivity index (χ0v) is 19.5. The van der Waals surface area contributed by atoms with Crippen LogP contribution >= 0.6 is 0 Å². The maximum Gasteiger partial charge on any atom is 0.366 e. The number of para-hydroxylation sites is 2. The van der Waals surface area contributed by atoms with Crippen LogP contribution in [0, 0.1) is 0 Å². The van der Waals surface area contributed by atoms with E-state index in [0.29, 0.717) is 11.5 Å². The third-order valence-corrected chi connectivity index (χ3v) is 4.98. The third-order valence-electron chi connectivity index (χ3n) is 4.98. The van der Waals surface area contributed by atoms with Crippen LogP contribution in [0.1, 0.15) is 18.1 Å². The van der Waals surface area contributed by atoms with Crippen molar-refractivity contribution in [3.8, 4) is 22.6 Å². The summed E-state index contributed by atoms with van der Waals surface area (Å²) in [5.74, 6) is -1.57. The molecule has 0 amide bonds. The van der Waals surface area contributed by atoms with Crippen molar-refractivity contribution < 1.29 is 24.5 Å². The standard InChI is InChI=1S/C14H14O3.C13H10.C3H4O2/c1-14(15,16-12-8-4-2-5-9-12)17-13-10-6-3-7-11-13;1-3-7-12-10(5-1)9-11-6-2-4-8-13(11)12;1-2-3(4)5/h2-11,15H,1H3;1-8H,9H2;2H,1H2,(H,4,5). The minimum Gasteiger partial charge on any atom is -0.478 e. The van der Waals surface area contributed by atoms with Crippen molar-refractivity contribution in [3.63, 3.8) is 0 Å². The fourth-order valence-electron chi connectivity index (χ4n) is 3.51. The van der Waals surface area contributed by atoms with Gasteiger partial charge in [-0.05, 0) is 52.9 Å². The summed E-state index contributed by atoms with van der Waals surface area (Å²) in [6.45, 7) is 4.41. The fourth-order valence-corrected chi connectivity index (χ4v) is 3.51. The van der Waals surface area contributed by atoms with E-state index < -0.39 is 11.9 Å². The summed E-state index contributed by atoms with van der Waals surface area (Å²) >= 11 is 0. The van der Waals surface area contributed by atoms with Crippen molar-refractivity contribution >= 4 is 5.97 Å². The molecule has 1 aliphatic carbocycles. The molecule has 0 fully saturated rings. The number of hydrogen-bond donors (Lipinski definition) is 2. The highest BCUT2D eigenvalue weighted by Gasteiger charge is 2.24. The number of carboxylic acid groups (broad SMARTS) is 1. The Labute approximate surface area is 205 Å². The second kappa shape index (κ2) is 12.2. The van der Waals surface area contributed by atoms with Gasteiger partial charge in [0.1, 0.15) is 11.5 Å². The van der Waals surface area contributed by atoms with Crippen LogP contribution in [0.5, 0.6) is 11.5 Å². The lowest BCUT2D eigenvalue weighted by molar-refractivity contribution is -0.258. The van der Waals surface area contributed by atoms with Crippen LogP contribution in [-0.2, 0) is 11.2 Å². The van der Waals surface area contributed by atoms with E-state index in [9.17, 15) is 9.90 Å². The van der Waals surface area contributed by atoms with Gasteiger partial charge in [-0.25, -0.2) is 4.79 Å². The Kier molecular flexibility index (Phi) is 8.82. The first-order valence-corrected chi connectivity index (χ1v) is 11.1. The van der Waals surface area contributed by atoms with Crippen LogP contribution in [0.25, 0.3) is 11.1 Å². The molecule has 0 aliphatic heterocycles. The van der Waals surface area contributed by atoms with Gasteiger partial charge in [-0.2, -0.15) is 0 Å². The monoisotopic (exact) mass is 468 g/mol. The van der Waals surface area contributed by atoms with Crippen LogP contribution < -0.4 is 9.47 Å². The van der Waals surface area contributed by atoms with Gasteiger partial charge in [-0.1, -0.05) is 91.5 Å². The molecule has 4 aromatic carbocycles. The maximum atomic E-state index is 9.98. The highest BCUT2D eigenvalue weighted by atomic mass is 16.8. The molecule has 0 heterocycles. The Bertz CT molecular complexity index is 1150. The molecule has 0 saturated heterocycles. The summed E-state index contributed by atoms with van der Waals surface area (Å²) in [5.41, 5.74) is 5.75. The van der Waals surface area contributed by atoms with Crippen molar-refractivity contribution in [2.75, 3.05) is 0 Å². The van der Waals surface area contributed by atoms with Crippen LogP contribution in [0.15, 0.2) is 122 Å². The fraction of sp³-hybridized carbons (Fsp3) is 0.100. The zero-order valence-electron chi connectivity index (χ0n) is 19.5. The summed E-state index contributed by atoms with van der Waals surface area (Å²) in [4.78, 5) is 9.25. The lowest BCUT2D eigenvalue weighted by Crippen LogP contribution is -2.38. The Hall–Kier alpha value is -4.35. The predicted octanol–water partition coefficient (Wildman–Crippen LogP) is 6.33. The number of benzene rings is 4. The highest BCUT2D eigenvalue weighted by molar-refractivity contribution is 5.78. The first kappa shape index (κ1) is 25.3. The minimum atomic E-state index is -1.69. The number of ether oxygens (including phenoxy) is 2. The van der Waals surface area contributed by atoms with Gasteiger partial charge in [-0.15, -0.1) is 0 Å². The van der Waals surface area contributed by atoms with E-state index in [0.717, 1.165) is 12.5 Å². The Morgan fingerprint density at radius 2 is 1.09 bits per heavy atom. The van der Waals surface area contributed by atoms with Crippen LogP contribution in [-0.4, -0.2) is 22.2 Å². The second-order valence-corrected chi connectivity index (χ2v) is 7.76. The Morgan fingerprint density at radius 1 is 0.743 bits per heavy atom. The summed E-state index contributed by atoms with van der Waals surface area (Å²) in [7, 11) is 0. The van der Waals surface area contributed by atoms with Gasteiger partial charge in [-0.3, -0.25) is 0 Å². The van der Waals surface area contributed by atoms with Crippen molar-refractivity contribution in [2.45, 2.75) is 19.3 Å². The van der Waals surface area contributed by atoms with E-state index >= 15 is 0 Å². The molecule has 35 heavy (non-hydrogen) atoms. The molecule has 0 unspecified atom stereocenters. The molecule has 5 nitrogen and oxygen atoms in total. The second-order valence-electron chi connectivity index (χ2n) is 7.76. The van der Waals surface area contributed by atoms with E-state index in [1.165, 1.54) is 29.2 Å². The average molecular weight is 469 g/mol. The zero-order chi connectivity index (χ0) is 25.1. The SMILES string of the molecule is C=CC(=O)O.CC(O)(Oc1ccccc1)Oc1ccccc1.c1ccc2c(c1)Cc1ccccc1-2. The van der Waals surface area contributed by atoms with Crippen molar-refractivity contribution in [1.29, 1.82) is 0 Å². The first-order valence-electron chi connectivity index (χ1n) is 11.1. The minimum absolute atomic E-state index is 0.549. The molecule has 0 saturated carbocycles. The first-order chi connectivity index (χ1) is 16.9. The largest absolute Gasteiger partial charge is 0.478 e. The number of fused-ring (bicyclic) bond motifs is 3. The van der Waals surface area contributed by atoms with Crippen LogP contribution in [0.3, 0.4) is 0 Å². The number of rotatable bonds is 5. The van der Waals surface area contributed by atoms with Gasteiger partial charge < -0.3 is 19.7 Å². The molecule has 0 aromatic heterocycles. The van der Waals surface area contributed by atoms with Crippen molar-refractivity contribution in [3.05, 3.63) is 133 Å². The molecule has 0 bridgehead atoms. The molecule has 0 radical (unpaired) electrons. The molecular weight excluding hydrogens is 440 g/mol. The number of carbonyl (C=O) groups is 1. The summed E-state index contributed by atoms with van der Waals surface area (Å²) in [6.07, 6.45) is 1.94. The topological polar surface area (TPSA) is 76.0 Å². The lowest BCUT2D eigenvalue weighted by Gasteiger charge is -2.25. The van der Waals surface area contributed by atoms with Gasteiger partial charge in [0, 0.05) is 13.0 Å². The van der Waals surface area contributed by atoms with E-state index in [2.05, 4.69) is 55.1 Å². The quantitative estimate of drug-likeness (QED) is 0.233. The average Bonchev–Trinajstić information content (AvgIpc) is 3.24. The summed E-state index contributed by atoms with van der Waals surface area (Å²) in [6, 6.07) is 35.4. The van der Waals surface area contributed by atoms with E-state index in [-0.39, 0.29) is 0 Å². The van der Waals surface area contributed by atoms with Gasteiger partial charge in [0.05, 0.1) is 0 Å². The van der Waals surface area contributed by atoms with Crippen molar-refractivity contribution in [2.24, 2.45) is 0 Å². The van der Waals surface area contributed by atoms with Crippen LogP contribution in [0.4, 0.5) is 0 Å². The highest BCUT2D eigenvalue weighted by Crippen LogP contribution is 2.35. The summed E-state index contributed by atoms with van der Waals surface area (Å²) in [5, 5.41) is 17.6. The molecule has 0 atom stereocenters. The number of hydrogen-bond acceptors (Lipinski definition) is 4. The smallest absolute Gasteiger partial charge is 0.366 e. The van der Waals surface area contributed by atoms with Crippen LogP contribution in [0.2, 0.25) is 0 Å². The molecule has 4 aromatic rings. The van der Waals surface area contributed by atoms with Gasteiger partial charge in [0.2, 0.25) is 0 Å². The molecular formula is C30H28O5. The van der Waals surface area contributed by atoms with E-state index in [1.54, 1.807) is 24.3 Å². The lowest BCUT2D eigenvalue weighted by atomic mass is 10.1. The molecule has 0 spiro atoms. The third kappa shape index (κ3) is 7.88. The van der Waals surface area contributed by atoms with Gasteiger partial charge >= 0.3 is 11.9 Å². The van der Waals surface area contributed by atoms with Crippen molar-refractivity contribution in [1.82, 2.24) is 0 Å². The number of carboxylic acids is 1. The molecule has 1 aliphatic rings. The molecule has 5 heteroatoms. The van der Waals surface area contributed by atoms with E-state index in [4.69, 9.17) is 14.6 Å². The number of aliphatic carboxylic acids is 1. The normalized spacial score (nSPS) is 10.8. The predicted molar refractivity (Wildman–Crippen MR) is 137 cm³/mol. The van der Waals surface area contributed by atoms with Gasteiger partial charge in [0.25, 0.3) is 0 Å². The molecule has 5 rings (SSSR count). The maximum absolute atomic E-state index is 9.98. The number of aliphatic hydroxyl groups is 1. The molecule has 2 N–H and O–H groups in total. The van der Waals surface area contributed by atoms with E-state index in [1.807, 2.05) is 36.4 Å². The summed E-state index contributed by atoms with van der Waals surface area (Å²) < 4.78 is 10.7. The Balaban J connectivity index is 0.000000168. The van der Waals surface area contributed by atoms with Gasteiger partial charge in [0.15, 0.2) is 0 Å².